The SMILES string of the molecule is N=C(N=C([NH-])c1ccncc1)c1ccncc1.N=C(N=C([NH-])c1ccncc1)c1ccncc1.[Ni+2]. The van der Waals surface area contributed by atoms with E-state index in [2.05, 4.69) is 29.9 Å². The van der Waals surface area contributed by atoms with Crippen molar-refractivity contribution in [2.75, 3.05) is 0 Å². The molecule has 0 amide bonds. The van der Waals surface area contributed by atoms with Crippen LogP contribution in [0, 0.1) is 10.8 Å². The summed E-state index contributed by atoms with van der Waals surface area (Å²) in [5.74, 6) is 0.201. The Kier molecular flexibility index (Phi) is 10.5. The molecule has 0 unspecified atom stereocenters. The molecular formula is C24H20N10Ni. The third kappa shape index (κ3) is 8.34. The second kappa shape index (κ2) is 13.8. The smallest absolute Gasteiger partial charge is 0.482 e. The van der Waals surface area contributed by atoms with Crippen molar-refractivity contribution >= 4 is 23.3 Å². The molecule has 0 radical (unpaired) electrons. The summed E-state index contributed by atoms with van der Waals surface area (Å²) < 4.78 is 0. The third-order valence-corrected chi connectivity index (χ3v) is 4.26. The van der Waals surface area contributed by atoms with E-state index in [1.54, 1.807) is 98.1 Å². The number of rotatable bonds is 4. The summed E-state index contributed by atoms with van der Waals surface area (Å²) in [4.78, 5) is 23.3. The van der Waals surface area contributed by atoms with Crippen LogP contribution in [0.3, 0.4) is 0 Å². The molecule has 0 bridgehead atoms. The van der Waals surface area contributed by atoms with Gasteiger partial charge in [-0.05, 0) is 70.8 Å². The number of hydrogen-bond acceptors (Lipinski definition) is 6. The fourth-order valence-electron chi connectivity index (χ4n) is 2.52. The Balaban J connectivity index is 0.000000240. The van der Waals surface area contributed by atoms with Crippen LogP contribution < -0.4 is 0 Å². The van der Waals surface area contributed by atoms with Gasteiger partial charge in [0.25, 0.3) is 0 Å². The van der Waals surface area contributed by atoms with Crippen LogP contribution in [-0.2, 0) is 16.5 Å². The van der Waals surface area contributed by atoms with Crippen LogP contribution in [0.25, 0.3) is 11.5 Å². The minimum Gasteiger partial charge on any atom is -0.482 e. The molecule has 0 spiro atoms. The van der Waals surface area contributed by atoms with Crippen molar-refractivity contribution in [3.05, 3.63) is 132 Å². The second-order valence-electron chi connectivity index (χ2n) is 6.56. The van der Waals surface area contributed by atoms with Gasteiger partial charge in [0, 0.05) is 61.2 Å². The zero-order valence-electron chi connectivity index (χ0n) is 18.2. The Labute approximate surface area is 212 Å². The molecule has 0 saturated heterocycles. The number of pyridine rings is 4. The zero-order valence-corrected chi connectivity index (χ0v) is 19.2. The van der Waals surface area contributed by atoms with Crippen molar-refractivity contribution < 1.29 is 16.5 Å². The average molecular weight is 507 g/mol. The van der Waals surface area contributed by atoms with E-state index in [4.69, 9.17) is 22.3 Å². The minimum absolute atomic E-state index is 0. The van der Waals surface area contributed by atoms with Crippen LogP contribution in [-0.4, -0.2) is 43.3 Å². The van der Waals surface area contributed by atoms with Crippen molar-refractivity contribution in [3.8, 4) is 0 Å². The van der Waals surface area contributed by atoms with Gasteiger partial charge in [-0.3, -0.25) is 19.9 Å². The fourth-order valence-corrected chi connectivity index (χ4v) is 2.52. The molecule has 0 atom stereocenters. The molecule has 0 fully saturated rings. The Morgan fingerprint density at radius 2 is 0.714 bits per heavy atom. The van der Waals surface area contributed by atoms with Crippen LogP contribution in [0.2, 0.25) is 0 Å². The van der Waals surface area contributed by atoms with E-state index in [-0.39, 0.29) is 39.8 Å². The summed E-state index contributed by atoms with van der Waals surface area (Å²) in [6.07, 6.45) is 12.7. The van der Waals surface area contributed by atoms with Crippen LogP contribution in [0.4, 0.5) is 0 Å². The first kappa shape index (κ1) is 26.6. The summed E-state index contributed by atoms with van der Waals surface area (Å²) >= 11 is 0. The molecule has 4 heterocycles. The van der Waals surface area contributed by atoms with Crippen molar-refractivity contribution in [1.82, 2.24) is 19.9 Å². The predicted molar refractivity (Wildman–Crippen MR) is 132 cm³/mol. The normalized spacial score (nSPS) is 10.9. The summed E-state index contributed by atoms with van der Waals surface area (Å²) in [5, 5.41) is 15.5. The number of hydrogen-bond donors (Lipinski definition) is 2. The second-order valence-corrected chi connectivity index (χ2v) is 6.56. The van der Waals surface area contributed by atoms with Crippen LogP contribution >= 0.6 is 0 Å². The van der Waals surface area contributed by atoms with Crippen molar-refractivity contribution in [3.63, 3.8) is 0 Å². The minimum atomic E-state index is 0. The van der Waals surface area contributed by atoms with Crippen LogP contribution in [0.15, 0.2) is 108 Å². The maximum absolute atomic E-state index is 7.76. The monoisotopic (exact) mass is 506 g/mol. The maximum Gasteiger partial charge on any atom is 2.00 e. The van der Waals surface area contributed by atoms with E-state index in [0.717, 1.165) is 0 Å². The van der Waals surface area contributed by atoms with Gasteiger partial charge in [-0.1, -0.05) is 11.7 Å². The maximum atomic E-state index is 7.76. The average Bonchev–Trinajstić information content (AvgIpc) is 2.91. The first-order chi connectivity index (χ1) is 16.5. The molecule has 4 rings (SSSR count). The van der Waals surface area contributed by atoms with Gasteiger partial charge in [0.2, 0.25) is 0 Å². The quantitative estimate of drug-likeness (QED) is 0.234. The predicted octanol–water partition coefficient (Wildman–Crippen LogP) is 4.60. The molecule has 0 aliphatic heterocycles. The van der Waals surface area contributed by atoms with Crippen molar-refractivity contribution in [2.24, 2.45) is 9.98 Å². The van der Waals surface area contributed by atoms with Gasteiger partial charge in [0.05, 0.1) is 0 Å². The van der Waals surface area contributed by atoms with Gasteiger partial charge in [-0.2, -0.15) is 0 Å². The fraction of sp³-hybridized carbons (Fsp3) is 0. The summed E-state index contributed by atoms with van der Waals surface area (Å²) in [7, 11) is 0. The number of amidine groups is 4. The summed E-state index contributed by atoms with van der Waals surface area (Å²) in [6.45, 7) is 0. The van der Waals surface area contributed by atoms with Gasteiger partial charge < -0.3 is 32.3 Å². The molecule has 10 nitrogen and oxygen atoms in total. The van der Waals surface area contributed by atoms with Gasteiger partial charge >= 0.3 is 16.5 Å². The van der Waals surface area contributed by atoms with E-state index in [0.29, 0.717) is 22.3 Å². The molecule has 176 valence electrons. The van der Waals surface area contributed by atoms with E-state index < -0.39 is 0 Å². The molecule has 4 aromatic heterocycles. The Bertz CT molecular complexity index is 1180. The third-order valence-electron chi connectivity index (χ3n) is 4.26. The van der Waals surface area contributed by atoms with E-state index >= 15 is 0 Å². The summed E-state index contributed by atoms with van der Waals surface area (Å²) in [6, 6.07) is 13.5. The number of nitrogens with one attached hydrogen (secondary N) is 4. The van der Waals surface area contributed by atoms with Gasteiger partial charge in [0.15, 0.2) is 0 Å². The Morgan fingerprint density at radius 1 is 0.486 bits per heavy atom. The van der Waals surface area contributed by atoms with Gasteiger partial charge in [-0.25, -0.2) is 0 Å². The molecule has 0 saturated carbocycles. The molecular weight excluding hydrogens is 487 g/mol. The topological polar surface area (TPSA) is 172 Å². The van der Waals surface area contributed by atoms with E-state index in [9.17, 15) is 0 Å². The largest absolute Gasteiger partial charge is 2.00 e. The number of aliphatic imine (C=N–C) groups is 2. The first-order valence-corrected chi connectivity index (χ1v) is 9.94. The molecule has 4 aromatic rings. The molecule has 11 heteroatoms. The van der Waals surface area contributed by atoms with E-state index in [1.807, 2.05) is 0 Å². The molecule has 4 N–H and O–H groups in total. The molecule has 0 aliphatic rings. The number of aromatic nitrogens is 4. The molecule has 0 aromatic carbocycles. The van der Waals surface area contributed by atoms with Crippen LogP contribution in [0.5, 0.6) is 0 Å². The Hall–Kier alpha value is -4.63. The zero-order chi connectivity index (χ0) is 24.2. The van der Waals surface area contributed by atoms with E-state index in [1.165, 1.54) is 0 Å². The van der Waals surface area contributed by atoms with Crippen molar-refractivity contribution in [1.29, 1.82) is 10.8 Å². The van der Waals surface area contributed by atoms with Gasteiger partial charge in [-0.15, -0.1) is 0 Å². The van der Waals surface area contributed by atoms with Gasteiger partial charge in [0.1, 0.15) is 0 Å². The first-order valence-electron chi connectivity index (χ1n) is 9.94. The molecule has 0 aliphatic carbocycles. The molecule has 35 heavy (non-hydrogen) atoms. The van der Waals surface area contributed by atoms with Crippen LogP contribution in [0.1, 0.15) is 22.3 Å². The summed E-state index contributed by atoms with van der Waals surface area (Å²) in [5.41, 5.74) is 18.1. The number of nitrogens with zero attached hydrogens (tertiary/aromatic N) is 6. The standard InChI is InChI=1S/2C12H10N5.Ni/c2*13-11(9-1-5-15-6-2-9)17-12(14)10-3-7-16-8-4-10;/h2*1-8H,(H2-,13,14,17);/q2*-1;+2. The Morgan fingerprint density at radius 3 is 0.971 bits per heavy atom. The van der Waals surface area contributed by atoms with Crippen molar-refractivity contribution in [2.45, 2.75) is 0 Å².